The van der Waals surface area contributed by atoms with Crippen molar-refractivity contribution in [3.05, 3.63) is 24.7 Å². The van der Waals surface area contributed by atoms with Gasteiger partial charge in [0.15, 0.2) is 5.65 Å². The zero-order valence-electron chi connectivity index (χ0n) is 13.9. The van der Waals surface area contributed by atoms with Gasteiger partial charge in [-0.2, -0.15) is 0 Å². The Balaban J connectivity index is 1.50. The van der Waals surface area contributed by atoms with E-state index in [1.165, 1.54) is 6.42 Å². The molecule has 24 heavy (non-hydrogen) atoms. The normalized spacial score (nSPS) is 21.9. The molecule has 0 unspecified atom stereocenters. The number of anilines is 1. The van der Waals surface area contributed by atoms with Crippen LogP contribution < -0.4 is 4.90 Å². The lowest BCUT2D eigenvalue weighted by Gasteiger charge is -2.37. The second-order valence-electron chi connectivity index (χ2n) is 6.76. The summed E-state index contributed by atoms with van der Waals surface area (Å²) in [6.45, 7) is 3.62. The highest BCUT2D eigenvalue weighted by Crippen LogP contribution is 2.26. The van der Waals surface area contributed by atoms with Crippen molar-refractivity contribution in [2.24, 2.45) is 5.92 Å². The van der Waals surface area contributed by atoms with E-state index in [-0.39, 0.29) is 5.92 Å². The maximum absolute atomic E-state index is 12.8. The summed E-state index contributed by atoms with van der Waals surface area (Å²) in [6, 6.07) is 2.03. The van der Waals surface area contributed by atoms with Crippen LogP contribution in [0.4, 0.5) is 5.69 Å². The molecule has 2 aromatic rings. The Morgan fingerprint density at radius 1 is 1.00 bits per heavy atom. The molecule has 2 saturated heterocycles. The summed E-state index contributed by atoms with van der Waals surface area (Å²) in [7, 11) is 0. The Hall–Kier alpha value is -2.24. The second-order valence-corrected chi connectivity index (χ2v) is 6.76. The molecule has 126 valence electrons. The molecular weight excluding hydrogens is 302 g/mol. The molecule has 1 atom stereocenters. The molecule has 4 rings (SSSR count). The summed E-state index contributed by atoms with van der Waals surface area (Å²) in [5.41, 5.74) is 2.51. The first kappa shape index (κ1) is 15.3. The highest BCUT2D eigenvalue weighted by atomic mass is 16.2. The van der Waals surface area contributed by atoms with Crippen molar-refractivity contribution >= 4 is 22.8 Å². The van der Waals surface area contributed by atoms with Gasteiger partial charge in [0.05, 0.1) is 17.8 Å². The monoisotopic (exact) mass is 325 g/mol. The van der Waals surface area contributed by atoms with E-state index in [9.17, 15) is 4.79 Å². The second kappa shape index (κ2) is 6.71. The Kier molecular flexibility index (Phi) is 4.28. The number of pyridine rings is 1. The van der Waals surface area contributed by atoms with Gasteiger partial charge >= 0.3 is 0 Å². The highest BCUT2D eigenvalue weighted by molar-refractivity contribution is 5.80. The number of rotatable bonds is 2. The molecule has 2 aliphatic rings. The molecule has 2 aliphatic heterocycles. The van der Waals surface area contributed by atoms with Crippen LogP contribution in [0.15, 0.2) is 24.7 Å². The lowest BCUT2D eigenvalue weighted by molar-refractivity contribution is -0.136. The third-order valence-electron chi connectivity index (χ3n) is 5.11. The van der Waals surface area contributed by atoms with Gasteiger partial charge in [-0.15, -0.1) is 0 Å². The minimum atomic E-state index is 0.106. The number of carbonyl (C=O) groups is 1. The van der Waals surface area contributed by atoms with Crippen molar-refractivity contribution in [1.29, 1.82) is 0 Å². The van der Waals surface area contributed by atoms with E-state index in [0.29, 0.717) is 11.6 Å². The fraction of sp³-hybridized carbons (Fsp3) is 0.556. The van der Waals surface area contributed by atoms with Crippen molar-refractivity contribution in [2.75, 3.05) is 31.1 Å². The lowest BCUT2D eigenvalue weighted by atomic mass is 9.95. The number of hydrogen-bond acceptors (Lipinski definition) is 5. The summed E-state index contributed by atoms with van der Waals surface area (Å²) in [5.74, 6) is 0.447. The number of amides is 1. The van der Waals surface area contributed by atoms with Crippen LogP contribution in [0.1, 0.15) is 32.1 Å². The van der Waals surface area contributed by atoms with Gasteiger partial charge in [-0.25, -0.2) is 9.97 Å². The van der Waals surface area contributed by atoms with E-state index in [0.717, 1.165) is 63.1 Å². The Morgan fingerprint density at radius 2 is 1.83 bits per heavy atom. The van der Waals surface area contributed by atoms with Crippen molar-refractivity contribution in [3.8, 4) is 0 Å². The first-order valence-corrected chi connectivity index (χ1v) is 8.92. The van der Waals surface area contributed by atoms with Crippen LogP contribution in [0.25, 0.3) is 11.2 Å². The first-order chi connectivity index (χ1) is 11.8. The molecule has 1 amide bonds. The minimum Gasteiger partial charge on any atom is -0.369 e. The average molecular weight is 325 g/mol. The fourth-order valence-corrected chi connectivity index (χ4v) is 3.81. The predicted molar refractivity (Wildman–Crippen MR) is 92.7 cm³/mol. The van der Waals surface area contributed by atoms with E-state index in [1.54, 1.807) is 12.4 Å². The van der Waals surface area contributed by atoms with Gasteiger partial charge in [-0.3, -0.25) is 9.78 Å². The van der Waals surface area contributed by atoms with E-state index in [1.807, 2.05) is 12.3 Å². The smallest absolute Gasteiger partial charge is 0.227 e. The number of nitrogens with zero attached hydrogens (tertiary/aromatic N) is 5. The van der Waals surface area contributed by atoms with Gasteiger partial charge in [0.2, 0.25) is 5.91 Å². The summed E-state index contributed by atoms with van der Waals surface area (Å²) < 4.78 is 0. The van der Waals surface area contributed by atoms with E-state index in [2.05, 4.69) is 24.8 Å². The zero-order valence-corrected chi connectivity index (χ0v) is 13.9. The zero-order chi connectivity index (χ0) is 16.4. The predicted octanol–water partition coefficient (Wildman–Crippen LogP) is 2.25. The molecule has 0 saturated carbocycles. The maximum Gasteiger partial charge on any atom is 0.227 e. The standard InChI is InChI=1S/C18H23N5O/c24-18(22-8-2-1-3-9-22)14-5-4-10-23(13-14)15-11-16-17(21-12-15)20-7-6-19-16/h6-7,11-12,14H,1-5,8-10,13H2/t14-/m1/s1. The van der Waals surface area contributed by atoms with Crippen molar-refractivity contribution in [1.82, 2.24) is 19.9 Å². The number of aromatic nitrogens is 3. The molecule has 6 nitrogen and oxygen atoms in total. The number of likely N-dealkylation sites (tertiary alicyclic amines) is 1. The van der Waals surface area contributed by atoms with Gasteiger partial charge in [-0.1, -0.05) is 0 Å². The van der Waals surface area contributed by atoms with E-state index in [4.69, 9.17) is 0 Å². The lowest BCUT2D eigenvalue weighted by Crippen LogP contribution is -2.46. The molecule has 2 aromatic heterocycles. The maximum atomic E-state index is 12.8. The van der Waals surface area contributed by atoms with Gasteiger partial charge < -0.3 is 9.80 Å². The molecule has 4 heterocycles. The summed E-state index contributed by atoms with van der Waals surface area (Å²) in [5, 5.41) is 0. The van der Waals surface area contributed by atoms with Gasteiger partial charge in [-0.05, 0) is 38.2 Å². The van der Waals surface area contributed by atoms with E-state index >= 15 is 0 Å². The van der Waals surface area contributed by atoms with Gasteiger partial charge in [0.1, 0.15) is 5.52 Å². The average Bonchev–Trinajstić information content (AvgIpc) is 2.68. The molecular formula is C18H23N5O. The molecule has 0 bridgehead atoms. The molecule has 0 aromatic carbocycles. The Bertz CT molecular complexity index is 728. The van der Waals surface area contributed by atoms with Crippen molar-refractivity contribution < 1.29 is 4.79 Å². The molecule has 2 fully saturated rings. The largest absolute Gasteiger partial charge is 0.369 e. The van der Waals surface area contributed by atoms with Crippen LogP contribution in [-0.4, -0.2) is 51.9 Å². The van der Waals surface area contributed by atoms with Gasteiger partial charge in [0.25, 0.3) is 0 Å². The van der Waals surface area contributed by atoms with Crippen LogP contribution in [0, 0.1) is 5.92 Å². The fourth-order valence-electron chi connectivity index (χ4n) is 3.81. The Morgan fingerprint density at radius 3 is 2.71 bits per heavy atom. The quantitative estimate of drug-likeness (QED) is 0.847. The number of fused-ring (bicyclic) bond motifs is 1. The SMILES string of the molecule is O=C([C@@H]1CCCN(c2cnc3nccnc3c2)C1)N1CCCCC1. The van der Waals surface area contributed by atoms with E-state index < -0.39 is 0 Å². The van der Waals surface area contributed by atoms with Crippen molar-refractivity contribution in [3.63, 3.8) is 0 Å². The topological polar surface area (TPSA) is 62.2 Å². The molecule has 0 N–H and O–H groups in total. The molecule has 6 heteroatoms. The molecule has 0 aliphatic carbocycles. The molecule has 0 spiro atoms. The molecule has 0 radical (unpaired) electrons. The van der Waals surface area contributed by atoms with Gasteiger partial charge in [0, 0.05) is 38.6 Å². The van der Waals surface area contributed by atoms with Crippen LogP contribution in [0.5, 0.6) is 0 Å². The van der Waals surface area contributed by atoms with Crippen LogP contribution >= 0.6 is 0 Å². The summed E-state index contributed by atoms with van der Waals surface area (Å²) >= 11 is 0. The number of carbonyl (C=O) groups excluding carboxylic acids is 1. The van der Waals surface area contributed by atoms with Crippen LogP contribution in [0.3, 0.4) is 0 Å². The highest BCUT2D eigenvalue weighted by Gasteiger charge is 2.30. The van der Waals surface area contributed by atoms with Crippen LogP contribution in [-0.2, 0) is 4.79 Å². The minimum absolute atomic E-state index is 0.106. The first-order valence-electron chi connectivity index (χ1n) is 8.92. The third kappa shape index (κ3) is 3.05. The number of piperidine rings is 2. The van der Waals surface area contributed by atoms with Crippen LogP contribution in [0.2, 0.25) is 0 Å². The third-order valence-corrected chi connectivity index (χ3v) is 5.11. The van der Waals surface area contributed by atoms with Crippen molar-refractivity contribution in [2.45, 2.75) is 32.1 Å². The number of hydrogen-bond donors (Lipinski definition) is 0. The Labute approximate surface area is 141 Å². The summed E-state index contributed by atoms with van der Waals surface area (Å²) in [6.07, 6.45) is 10.8. The summed E-state index contributed by atoms with van der Waals surface area (Å²) in [4.78, 5) is 30.1.